The van der Waals surface area contributed by atoms with Crippen LogP contribution in [-0.2, 0) is 9.59 Å². The Balaban J connectivity index is 1.33. The highest BCUT2D eigenvalue weighted by atomic mass is 35.5. The molecule has 6 nitrogen and oxygen atoms in total. The lowest BCUT2D eigenvalue weighted by Gasteiger charge is -2.42. The van der Waals surface area contributed by atoms with E-state index >= 15 is 0 Å². The highest BCUT2D eigenvalue weighted by Crippen LogP contribution is 2.68. The lowest BCUT2D eigenvalue weighted by molar-refractivity contribution is -0.123. The molecule has 1 N–H and O–H groups in total. The number of fused-ring (bicyclic) bond motifs is 9. The Morgan fingerprint density at radius 3 is 2.52 bits per heavy atom. The van der Waals surface area contributed by atoms with E-state index in [2.05, 4.69) is 16.0 Å². The first kappa shape index (κ1) is 20.0. The molecule has 7 atom stereocenters. The second-order valence-corrected chi connectivity index (χ2v) is 11.9. The third kappa shape index (κ3) is 2.68. The first-order valence-corrected chi connectivity index (χ1v) is 13.0. The van der Waals surface area contributed by atoms with Crippen LogP contribution in [0, 0.1) is 29.6 Å². The van der Waals surface area contributed by atoms with Gasteiger partial charge in [0.15, 0.2) is 0 Å². The minimum Gasteiger partial charge on any atom is -0.307 e. The minimum absolute atomic E-state index is 0.00679. The van der Waals surface area contributed by atoms with Crippen molar-refractivity contribution in [2.75, 3.05) is 4.90 Å². The first-order chi connectivity index (χ1) is 16.0. The minimum atomic E-state index is -0.309. The molecule has 0 unspecified atom stereocenters. The predicted octanol–water partition coefficient (Wildman–Crippen LogP) is 4.16. The highest BCUT2D eigenvalue weighted by molar-refractivity contribution is 8.00. The van der Waals surface area contributed by atoms with Gasteiger partial charge in [-0.2, -0.15) is 0 Å². The zero-order chi connectivity index (χ0) is 22.4. The van der Waals surface area contributed by atoms with E-state index in [0.29, 0.717) is 10.7 Å². The maximum atomic E-state index is 13.6. The number of H-pyrrole nitrogens is 1. The number of carbonyl (C=O) groups is 2. The molecule has 3 aromatic rings. The van der Waals surface area contributed by atoms with Crippen molar-refractivity contribution < 1.29 is 9.59 Å². The summed E-state index contributed by atoms with van der Waals surface area (Å²) < 4.78 is 0. The Bertz CT molecular complexity index is 1360. The molecule has 2 saturated carbocycles. The number of hydrogen-bond donors (Lipinski definition) is 1. The second kappa shape index (κ2) is 7.04. The summed E-state index contributed by atoms with van der Waals surface area (Å²) in [5.41, 5.74) is 1.66. The van der Waals surface area contributed by atoms with Crippen LogP contribution in [0.5, 0.6) is 0 Å². The van der Waals surface area contributed by atoms with E-state index in [4.69, 9.17) is 11.6 Å². The molecule has 2 aromatic heterocycles. The summed E-state index contributed by atoms with van der Waals surface area (Å²) in [5, 5.41) is 1.66. The van der Waals surface area contributed by atoms with Gasteiger partial charge in [-0.1, -0.05) is 29.0 Å². The molecule has 7 rings (SSSR count). The zero-order valence-corrected chi connectivity index (χ0v) is 19.6. The van der Waals surface area contributed by atoms with Gasteiger partial charge in [-0.15, -0.1) is 11.8 Å². The predicted molar refractivity (Wildman–Crippen MR) is 127 cm³/mol. The van der Waals surface area contributed by atoms with Gasteiger partial charge in [0.1, 0.15) is 0 Å². The standard InChI is InChI=1S/C24H18ClN3O3S2/c25-11-3-5-12(6-4-11)28-22(29)17-13-8-14(18(17)23(28)30)19-16(13)15(10-2-1-7-26-9-10)20-21(32-19)27-24(31)33-20/h1-7,9,13-19H,8H2,(H,27,31)/t13-,14+,15+,16+,17+,18+,19+/m0/s1. The van der Waals surface area contributed by atoms with Crippen molar-refractivity contribution in [3.8, 4) is 0 Å². The van der Waals surface area contributed by atoms with E-state index in [1.807, 2.05) is 12.3 Å². The normalized spacial score (nSPS) is 33.8. The third-order valence-corrected chi connectivity index (χ3v) is 10.7. The number of amides is 2. The number of benzene rings is 1. The topological polar surface area (TPSA) is 83.1 Å². The molecule has 1 aromatic carbocycles. The number of halogens is 1. The van der Waals surface area contributed by atoms with Gasteiger partial charge in [-0.05, 0) is 60.1 Å². The van der Waals surface area contributed by atoms with Crippen molar-refractivity contribution in [3.05, 3.63) is 73.9 Å². The molecule has 0 radical (unpaired) electrons. The summed E-state index contributed by atoms with van der Waals surface area (Å²) in [6.07, 6.45) is 4.50. The lowest BCUT2D eigenvalue weighted by Crippen LogP contribution is -2.42. The van der Waals surface area contributed by atoms with Crippen molar-refractivity contribution in [1.82, 2.24) is 9.97 Å². The molecular formula is C24H18ClN3O3S2. The van der Waals surface area contributed by atoms with Crippen LogP contribution in [0.25, 0.3) is 0 Å². The van der Waals surface area contributed by atoms with Gasteiger partial charge in [0.25, 0.3) is 0 Å². The van der Waals surface area contributed by atoms with E-state index < -0.39 is 0 Å². The molecule has 4 aliphatic rings. The van der Waals surface area contributed by atoms with E-state index in [0.717, 1.165) is 21.9 Å². The molecular weight excluding hydrogens is 478 g/mol. The summed E-state index contributed by atoms with van der Waals surface area (Å²) >= 11 is 8.98. The molecule has 33 heavy (non-hydrogen) atoms. The molecule has 2 amide bonds. The first-order valence-electron chi connectivity index (χ1n) is 11.0. The number of aromatic amines is 1. The molecule has 2 bridgehead atoms. The highest BCUT2D eigenvalue weighted by Gasteiger charge is 2.69. The number of nitrogens with one attached hydrogen (secondary N) is 1. The van der Waals surface area contributed by atoms with Crippen LogP contribution in [0.1, 0.15) is 22.8 Å². The van der Waals surface area contributed by atoms with Crippen molar-refractivity contribution in [1.29, 1.82) is 0 Å². The number of thioether (sulfide) groups is 1. The van der Waals surface area contributed by atoms with E-state index in [9.17, 15) is 14.4 Å². The molecule has 4 heterocycles. The maximum Gasteiger partial charge on any atom is 0.305 e. The smallest absolute Gasteiger partial charge is 0.305 e. The summed E-state index contributed by atoms with van der Waals surface area (Å²) in [5.74, 6) is -0.396. The fraction of sp³-hybridized carbons (Fsp3) is 0.333. The molecule has 1 saturated heterocycles. The molecule has 0 spiro atoms. The fourth-order valence-corrected chi connectivity index (χ4v) is 9.81. The van der Waals surface area contributed by atoms with Crippen molar-refractivity contribution >= 4 is 52.2 Å². The monoisotopic (exact) mass is 495 g/mol. The fourth-order valence-electron chi connectivity index (χ4n) is 6.79. The van der Waals surface area contributed by atoms with Gasteiger partial charge in [0.05, 0.1) is 22.5 Å². The van der Waals surface area contributed by atoms with Crippen LogP contribution < -0.4 is 9.77 Å². The number of aromatic nitrogens is 2. The van der Waals surface area contributed by atoms with Gasteiger partial charge in [-0.25, -0.2) is 0 Å². The lowest BCUT2D eigenvalue weighted by atomic mass is 9.68. The molecule has 9 heteroatoms. The Hall–Kier alpha value is -2.42. The Morgan fingerprint density at radius 1 is 1.03 bits per heavy atom. The van der Waals surface area contributed by atoms with Crippen LogP contribution in [0.2, 0.25) is 5.02 Å². The molecule has 2 aliphatic heterocycles. The van der Waals surface area contributed by atoms with Crippen LogP contribution in [0.4, 0.5) is 5.69 Å². The number of imide groups is 1. The Labute approximate surface area is 202 Å². The van der Waals surface area contributed by atoms with Gasteiger partial charge < -0.3 is 4.98 Å². The summed E-state index contributed by atoms with van der Waals surface area (Å²) in [6.45, 7) is 0. The average Bonchev–Trinajstić information content (AvgIpc) is 3.54. The van der Waals surface area contributed by atoms with E-state index in [1.165, 1.54) is 16.2 Å². The van der Waals surface area contributed by atoms with Crippen molar-refractivity contribution in [3.63, 3.8) is 0 Å². The van der Waals surface area contributed by atoms with E-state index in [-0.39, 0.29) is 57.4 Å². The zero-order valence-electron chi connectivity index (χ0n) is 17.2. The molecule has 3 fully saturated rings. The maximum absolute atomic E-state index is 13.6. The number of nitrogens with zero attached hydrogens (tertiary/aromatic N) is 2. The molecule has 2 aliphatic carbocycles. The third-order valence-electron chi connectivity index (χ3n) is 7.85. The van der Waals surface area contributed by atoms with Gasteiger partial charge in [0.2, 0.25) is 11.8 Å². The van der Waals surface area contributed by atoms with Gasteiger partial charge in [0, 0.05) is 33.5 Å². The SMILES string of the molecule is O=C1[C@@H]2[C@H]3C[C@@H]([C@H]4Sc5[nH]c(=O)sc5[C@H](c5cccnc5)[C@@H]34)[C@H]2C(=O)N1c1ccc(Cl)cc1. The molecule has 166 valence electrons. The van der Waals surface area contributed by atoms with Gasteiger partial charge >= 0.3 is 4.87 Å². The Morgan fingerprint density at radius 2 is 1.79 bits per heavy atom. The van der Waals surface area contributed by atoms with Crippen LogP contribution >= 0.6 is 34.7 Å². The quantitative estimate of drug-likeness (QED) is 0.540. The number of rotatable bonds is 2. The van der Waals surface area contributed by atoms with Crippen molar-refractivity contribution in [2.45, 2.75) is 22.6 Å². The van der Waals surface area contributed by atoms with Crippen molar-refractivity contribution in [2.24, 2.45) is 29.6 Å². The second-order valence-electron chi connectivity index (χ2n) is 9.24. The van der Waals surface area contributed by atoms with Crippen LogP contribution in [-0.4, -0.2) is 27.0 Å². The number of anilines is 1. The number of carbonyl (C=O) groups excluding carboxylic acids is 2. The number of pyridine rings is 1. The average molecular weight is 496 g/mol. The Kier molecular flexibility index (Phi) is 4.27. The summed E-state index contributed by atoms with van der Waals surface area (Å²) in [6, 6.07) is 10.9. The largest absolute Gasteiger partial charge is 0.307 e. The number of thiazole rings is 1. The summed E-state index contributed by atoms with van der Waals surface area (Å²) in [4.78, 5) is 49.2. The van der Waals surface area contributed by atoms with Gasteiger partial charge in [-0.3, -0.25) is 24.3 Å². The van der Waals surface area contributed by atoms with Crippen LogP contribution in [0.15, 0.2) is 58.6 Å². The van der Waals surface area contributed by atoms with Crippen LogP contribution in [0.3, 0.4) is 0 Å². The van der Waals surface area contributed by atoms with E-state index in [1.54, 1.807) is 42.2 Å². The summed E-state index contributed by atoms with van der Waals surface area (Å²) in [7, 11) is 0. The number of hydrogen-bond acceptors (Lipinski definition) is 6.